The lowest BCUT2D eigenvalue weighted by Gasteiger charge is -2.18. The van der Waals surface area contributed by atoms with Crippen LogP contribution in [0.4, 0.5) is 10.1 Å². The van der Waals surface area contributed by atoms with E-state index in [-0.39, 0.29) is 28.5 Å². The number of amides is 1. The molecule has 0 saturated carbocycles. The molecule has 0 saturated heterocycles. The highest BCUT2D eigenvalue weighted by Gasteiger charge is 2.23. The SMILES string of the molecule is CCCCOC(=O)C(CCC)Sc1cc(NC(=O)C(CC)CC)c(F)cc1Cl. The standard InChI is InChI=1S/C21H31ClFNO3S/c1-5-9-11-27-21(26)18(10-6-2)28-19-13-17(16(23)12-15(19)22)24-20(25)14(7-3)8-4/h12-14,18H,5-11H2,1-4H3,(H,24,25). The van der Waals surface area contributed by atoms with Gasteiger partial charge in [0.2, 0.25) is 5.91 Å². The third-order valence-corrected chi connectivity index (χ3v) is 6.19. The summed E-state index contributed by atoms with van der Waals surface area (Å²) in [5.74, 6) is -1.27. The van der Waals surface area contributed by atoms with Crippen molar-refractivity contribution in [2.45, 2.75) is 76.4 Å². The maximum Gasteiger partial charge on any atom is 0.319 e. The molecule has 1 rings (SSSR count). The van der Waals surface area contributed by atoms with Crippen molar-refractivity contribution in [3.8, 4) is 0 Å². The Bertz CT molecular complexity index is 653. The van der Waals surface area contributed by atoms with Crippen LogP contribution in [-0.4, -0.2) is 23.7 Å². The van der Waals surface area contributed by atoms with Crippen LogP contribution in [0.2, 0.25) is 5.02 Å². The fraction of sp³-hybridized carbons (Fsp3) is 0.619. The molecule has 1 aromatic rings. The van der Waals surface area contributed by atoms with Crippen LogP contribution in [0, 0.1) is 11.7 Å². The average molecular weight is 432 g/mol. The highest BCUT2D eigenvalue weighted by molar-refractivity contribution is 8.00. The van der Waals surface area contributed by atoms with Gasteiger partial charge in [-0.2, -0.15) is 0 Å². The van der Waals surface area contributed by atoms with E-state index in [4.69, 9.17) is 16.3 Å². The first-order valence-corrected chi connectivity index (χ1v) is 11.3. The Labute approximate surface area is 176 Å². The number of unbranched alkanes of at least 4 members (excludes halogenated alkanes) is 1. The summed E-state index contributed by atoms with van der Waals surface area (Å²) in [6.07, 6.45) is 4.56. The van der Waals surface area contributed by atoms with Gasteiger partial charge in [0.1, 0.15) is 11.1 Å². The molecule has 158 valence electrons. The molecule has 0 aliphatic heterocycles. The van der Waals surface area contributed by atoms with Crippen molar-refractivity contribution in [3.05, 3.63) is 23.0 Å². The lowest BCUT2D eigenvalue weighted by molar-refractivity contribution is -0.143. The number of esters is 1. The van der Waals surface area contributed by atoms with Crippen LogP contribution >= 0.6 is 23.4 Å². The minimum Gasteiger partial charge on any atom is -0.465 e. The van der Waals surface area contributed by atoms with Gasteiger partial charge in [-0.25, -0.2) is 4.39 Å². The predicted molar refractivity (Wildman–Crippen MR) is 115 cm³/mol. The molecule has 1 N–H and O–H groups in total. The number of carbonyl (C=O) groups excluding carboxylic acids is 2. The molecule has 0 heterocycles. The van der Waals surface area contributed by atoms with Gasteiger partial charge < -0.3 is 10.1 Å². The molecule has 0 bridgehead atoms. The number of rotatable bonds is 12. The van der Waals surface area contributed by atoms with E-state index in [1.54, 1.807) is 0 Å². The summed E-state index contributed by atoms with van der Waals surface area (Å²) in [6, 6.07) is 2.68. The molecule has 0 aliphatic carbocycles. The summed E-state index contributed by atoms with van der Waals surface area (Å²) in [7, 11) is 0. The topological polar surface area (TPSA) is 55.4 Å². The minimum atomic E-state index is -0.591. The second kappa shape index (κ2) is 13.0. The number of anilines is 1. The molecule has 1 atom stereocenters. The first-order valence-electron chi connectivity index (χ1n) is 10.0. The van der Waals surface area contributed by atoms with Crippen molar-refractivity contribution in [2.24, 2.45) is 5.92 Å². The van der Waals surface area contributed by atoms with Crippen LogP contribution in [0.1, 0.15) is 66.2 Å². The van der Waals surface area contributed by atoms with Gasteiger partial charge in [0, 0.05) is 10.8 Å². The van der Waals surface area contributed by atoms with Gasteiger partial charge in [-0.1, -0.05) is 52.1 Å². The Hall–Kier alpha value is -1.27. The minimum absolute atomic E-state index is 0.0819. The second-order valence-corrected chi connectivity index (χ2v) is 8.33. The largest absolute Gasteiger partial charge is 0.465 e. The fourth-order valence-electron chi connectivity index (χ4n) is 2.66. The molecule has 0 aromatic heterocycles. The van der Waals surface area contributed by atoms with Crippen LogP contribution in [0.25, 0.3) is 0 Å². The number of hydrogen-bond acceptors (Lipinski definition) is 4. The van der Waals surface area contributed by atoms with E-state index in [2.05, 4.69) is 5.32 Å². The van der Waals surface area contributed by atoms with E-state index in [0.29, 0.717) is 30.8 Å². The van der Waals surface area contributed by atoms with Gasteiger partial charge in [-0.3, -0.25) is 9.59 Å². The summed E-state index contributed by atoms with van der Waals surface area (Å²) in [5, 5.41) is 2.44. The van der Waals surface area contributed by atoms with Crippen LogP contribution in [-0.2, 0) is 14.3 Å². The Morgan fingerprint density at radius 2 is 1.86 bits per heavy atom. The normalized spacial score (nSPS) is 12.1. The molecular formula is C21H31ClFNO3S. The number of halogens is 2. The molecule has 1 amide bonds. The molecule has 1 aromatic carbocycles. The van der Waals surface area contributed by atoms with Gasteiger partial charge in [-0.05, 0) is 37.8 Å². The van der Waals surface area contributed by atoms with Crippen LogP contribution in [0.5, 0.6) is 0 Å². The Morgan fingerprint density at radius 1 is 1.18 bits per heavy atom. The molecule has 28 heavy (non-hydrogen) atoms. The highest BCUT2D eigenvalue weighted by atomic mass is 35.5. The number of carbonyl (C=O) groups is 2. The number of thioether (sulfide) groups is 1. The van der Waals surface area contributed by atoms with E-state index in [1.165, 1.54) is 23.9 Å². The van der Waals surface area contributed by atoms with Crippen LogP contribution in [0.3, 0.4) is 0 Å². The molecule has 4 nitrogen and oxygen atoms in total. The number of ether oxygens (including phenoxy) is 1. The third-order valence-electron chi connectivity index (χ3n) is 4.46. The first-order chi connectivity index (χ1) is 13.4. The average Bonchev–Trinajstić information content (AvgIpc) is 2.66. The smallest absolute Gasteiger partial charge is 0.319 e. The molecule has 0 radical (unpaired) electrons. The van der Waals surface area contributed by atoms with E-state index >= 15 is 0 Å². The van der Waals surface area contributed by atoms with Gasteiger partial charge >= 0.3 is 5.97 Å². The quantitative estimate of drug-likeness (QED) is 0.234. The molecular weight excluding hydrogens is 401 g/mol. The Kier molecular flexibility index (Phi) is 11.5. The maximum atomic E-state index is 14.3. The zero-order valence-electron chi connectivity index (χ0n) is 17.1. The Balaban J connectivity index is 2.98. The van der Waals surface area contributed by atoms with E-state index in [9.17, 15) is 14.0 Å². The molecule has 1 unspecified atom stereocenters. The van der Waals surface area contributed by atoms with Crippen LogP contribution < -0.4 is 5.32 Å². The summed E-state index contributed by atoms with van der Waals surface area (Å²) in [6.45, 7) is 8.26. The summed E-state index contributed by atoms with van der Waals surface area (Å²) in [5.41, 5.74) is 0.0819. The lowest BCUT2D eigenvalue weighted by atomic mass is 10.0. The maximum absolute atomic E-state index is 14.3. The monoisotopic (exact) mass is 431 g/mol. The van der Waals surface area contributed by atoms with E-state index in [1.807, 2.05) is 27.7 Å². The van der Waals surface area contributed by atoms with Gasteiger partial charge in [0.15, 0.2) is 0 Å². The number of benzene rings is 1. The molecule has 0 fully saturated rings. The van der Waals surface area contributed by atoms with Crippen molar-refractivity contribution >= 4 is 40.9 Å². The van der Waals surface area contributed by atoms with Crippen molar-refractivity contribution in [1.29, 1.82) is 0 Å². The lowest BCUT2D eigenvalue weighted by Crippen LogP contribution is -2.22. The zero-order chi connectivity index (χ0) is 21.1. The van der Waals surface area contributed by atoms with Crippen molar-refractivity contribution in [1.82, 2.24) is 0 Å². The summed E-state index contributed by atoms with van der Waals surface area (Å²) >= 11 is 7.46. The molecule has 7 heteroatoms. The fourth-order valence-corrected chi connectivity index (χ4v) is 4.13. The number of nitrogens with one attached hydrogen (secondary N) is 1. The van der Waals surface area contributed by atoms with Crippen molar-refractivity contribution in [3.63, 3.8) is 0 Å². The summed E-state index contributed by atoms with van der Waals surface area (Å²) < 4.78 is 19.7. The van der Waals surface area contributed by atoms with Gasteiger partial charge in [-0.15, -0.1) is 11.8 Å². The summed E-state index contributed by atoms with van der Waals surface area (Å²) in [4.78, 5) is 25.3. The van der Waals surface area contributed by atoms with Crippen molar-refractivity contribution in [2.75, 3.05) is 11.9 Å². The van der Waals surface area contributed by atoms with Crippen molar-refractivity contribution < 1.29 is 18.7 Å². The molecule has 0 spiro atoms. The second-order valence-electron chi connectivity index (χ2n) is 6.68. The van der Waals surface area contributed by atoms with E-state index < -0.39 is 11.1 Å². The third kappa shape index (κ3) is 7.63. The number of hydrogen-bond donors (Lipinski definition) is 1. The Morgan fingerprint density at radius 3 is 2.43 bits per heavy atom. The highest BCUT2D eigenvalue weighted by Crippen LogP contribution is 2.36. The predicted octanol–water partition coefficient (Wildman–Crippen LogP) is 6.46. The molecule has 0 aliphatic rings. The van der Waals surface area contributed by atoms with Gasteiger partial charge in [0.25, 0.3) is 0 Å². The van der Waals surface area contributed by atoms with E-state index in [0.717, 1.165) is 19.3 Å². The zero-order valence-corrected chi connectivity index (χ0v) is 18.7. The first kappa shape index (κ1) is 24.8. The van der Waals surface area contributed by atoms with Crippen LogP contribution in [0.15, 0.2) is 17.0 Å². The van der Waals surface area contributed by atoms with Gasteiger partial charge in [0.05, 0.1) is 17.3 Å².